The van der Waals surface area contributed by atoms with Gasteiger partial charge in [-0.3, -0.25) is 0 Å². The van der Waals surface area contributed by atoms with E-state index in [1.165, 1.54) is 4.70 Å². The van der Waals surface area contributed by atoms with Gasteiger partial charge in [0.25, 0.3) is 0 Å². The Hall–Kier alpha value is -5.40. The van der Waals surface area contributed by atoms with Crippen LogP contribution in [0.2, 0.25) is 0 Å². The third kappa shape index (κ3) is 5.27. The van der Waals surface area contributed by atoms with E-state index in [-0.39, 0.29) is 11.2 Å². The second-order valence-electron chi connectivity index (χ2n) is 14.9. The number of hydrogen-bond acceptors (Lipinski definition) is 6. The van der Waals surface area contributed by atoms with Crippen LogP contribution in [0.1, 0.15) is 27.7 Å². The summed E-state index contributed by atoms with van der Waals surface area (Å²) in [5.41, 5.74) is 10.8. The fraction of sp³-hybridized carbons (Fsp3) is 0.133. The van der Waals surface area contributed by atoms with Crippen LogP contribution in [0, 0.1) is 0 Å². The van der Waals surface area contributed by atoms with Gasteiger partial charge in [0.2, 0.25) is 0 Å². The molecular weight excluding hydrogens is 668 g/mol. The van der Waals surface area contributed by atoms with Crippen LogP contribution in [0.25, 0.3) is 86.7 Å². The van der Waals surface area contributed by atoms with Gasteiger partial charge in [-0.05, 0) is 73.9 Å². The van der Waals surface area contributed by atoms with Crippen molar-refractivity contribution in [3.63, 3.8) is 0 Å². The highest BCUT2D eigenvalue weighted by Crippen LogP contribution is 2.38. The molecule has 5 aromatic carbocycles. The first-order valence-corrected chi connectivity index (χ1v) is 18.7. The summed E-state index contributed by atoms with van der Waals surface area (Å²) >= 11 is 1.71. The molecule has 252 valence electrons. The van der Waals surface area contributed by atoms with Crippen molar-refractivity contribution in [3.8, 4) is 33.6 Å². The molecule has 10 rings (SSSR count). The van der Waals surface area contributed by atoms with Gasteiger partial charge in [0, 0.05) is 36.7 Å². The average Bonchev–Trinajstić information content (AvgIpc) is 3.66. The maximum atomic E-state index is 6.63. The minimum absolute atomic E-state index is 0.384. The van der Waals surface area contributed by atoms with Gasteiger partial charge >= 0.3 is 7.12 Å². The van der Waals surface area contributed by atoms with E-state index in [9.17, 15) is 0 Å². The minimum Gasteiger partial charge on any atom is -0.399 e. The van der Waals surface area contributed by atoms with Gasteiger partial charge in [-0.15, -0.1) is 11.3 Å². The van der Waals surface area contributed by atoms with E-state index in [2.05, 4.69) is 131 Å². The third-order valence-corrected chi connectivity index (χ3v) is 12.3. The molecule has 8 heteroatoms. The van der Waals surface area contributed by atoms with Crippen LogP contribution >= 0.6 is 11.3 Å². The molecule has 0 bridgehead atoms. The Morgan fingerprint density at radius 3 is 1.74 bits per heavy atom. The molecule has 5 heterocycles. The topological polar surface area (TPSA) is 57.1 Å². The molecule has 1 aliphatic heterocycles. The molecule has 0 unspecified atom stereocenters. The molecule has 0 amide bonds. The number of thiophene rings is 1. The van der Waals surface area contributed by atoms with Gasteiger partial charge in [-0.2, -0.15) is 0 Å². The van der Waals surface area contributed by atoms with Crippen LogP contribution in [0.15, 0.2) is 127 Å². The first-order valence-electron chi connectivity index (χ1n) is 17.9. The summed E-state index contributed by atoms with van der Waals surface area (Å²) in [6.07, 6.45) is 0. The largest absolute Gasteiger partial charge is 0.494 e. The van der Waals surface area contributed by atoms with E-state index in [1.807, 2.05) is 24.3 Å². The molecule has 1 aliphatic rings. The molecule has 53 heavy (non-hydrogen) atoms. The Morgan fingerprint density at radius 2 is 1.09 bits per heavy atom. The summed E-state index contributed by atoms with van der Waals surface area (Å²) in [6.45, 7) is 8.29. The highest BCUT2D eigenvalue weighted by Gasteiger charge is 2.51. The zero-order chi connectivity index (χ0) is 36.1. The normalized spacial score (nSPS) is 15.4. The van der Waals surface area contributed by atoms with Crippen LogP contribution in [0.4, 0.5) is 0 Å². The molecule has 1 saturated heterocycles. The number of pyridine rings is 3. The van der Waals surface area contributed by atoms with Crippen molar-refractivity contribution < 1.29 is 9.31 Å². The number of hydrogen-bond donors (Lipinski definition) is 0. The maximum absolute atomic E-state index is 6.63. The van der Waals surface area contributed by atoms with Crippen molar-refractivity contribution in [1.29, 1.82) is 0 Å². The van der Waals surface area contributed by atoms with Gasteiger partial charge < -0.3 is 9.31 Å². The Balaban J connectivity index is 0.959. The zero-order valence-corrected chi connectivity index (χ0v) is 30.7. The smallest absolute Gasteiger partial charge is 0.399 e. The third-order valence-electron chi connectivity index (χ3n) is 11.1. The van der Waals surface area contributed by atoms with Crippen molar-refractivity contribution in [2.75, 3.05) is 0 Å². The van der Waals surface area contributed by atoms with Gasteiger partial charge in [0.05, 0.1) is 44.7 Å². The SMILES string of the molecule is [B]c1c2ccccc2nc2c1sc1cc(-c3ccc(-c4ccc5ccc6ccc(-c7ccc(B8OC(C)(C)C(C)(C)O8)cc7)nc6c5n4)cc3)ccc12. The Kier molecular flexibility index (Phi) is 7.19. The van der Waals surface area contributed by atoms with Crippen LogP contribution in [-0.2, 0) is 9.31 Å². The lowest BCUT2D eigenvalue weighted by molar-refractivity contribution is 0.00578. The molecule has 0 spiro atoms. The highest BCUT2D eigenvalue weighted by molar-refractivity contribution is 7.26. The van der Waals surface area contributed by atoms with Gasteiger partial charge in [0.15, 0.2) is 0 Å². The van der Waals surface area contributed by atoms with E-state index in [4.69, 9.17) is 32.1 Å². The Labute approximate surface area is 313 Å². The number of rotatable bonds is 4. The summed E-state index contributed by atoms with van der Waals surface area (Å²) in [5, 5.41) is 4.24. The molecule has 1 fully saturated rings. The van der Waals surface area contributed by atoms with E-state index in [1.54, 1.807) is 11.3 Å². The predicted molar refractivity (Wildman–Crippen MR) is 223 cm³/mol. The average molecular weight is 701 g/mol. The molecule has 2 radical (unpaired) electrons. The summed E-state index contributed by atoms with van der Waals surface area (Å²) < 4.78 is 14.7. The highest BCUT2D eigenvalue weighted by atomic mass is 32.1. The van der Waals surface area contributed by atoms with Crippen molar-refractivity contribution in [2.24, 2.45) is 0 Å². The summed E-state index contributed by atoms with van der Waals surface area (Å²) in [7, 11) is 6.23. The lowest BCUT2D eigenvalue weighted by atomic mass is 9.79. The summed E-state index contributed by atoms with van der Waals surface area (Å²) in [5.74, 6) is 0. The quantitative estimate of drug-likeness (QED) is 0.135. The van der Waals surface area contributed by atoms with Crippen molar-refractivity contribution in [1.82, 2.24) is 15.0 Å². The molecule has 0 N–H and O–H groups in total. The van der Waals surface area contributed by atoms with Crippen molar-refractivity contribution >= 4 is 90.2 Å². The first-order chi connectivity index (χ1) is 25.6. The molecule has 4 aromatic heterocycles. The lowest BCUT2D eigenvalue weighted by Gasteiger charge is -2.32. The second-order valence-corrected chi connectivity index (χ2v) is 16.0. The van der Waals surface area contributed by atoms with Crippen LogP contribution in [-0.4, -0.2) is 41.1 Å². The first kappa shape index (κ1) is 32.3. The number of aromatic nitrogens is 3. The monoisotopic (exact) mass is 701 g/mol. The number of benzene rings is 5. The summed E-state index contributed by atoms with van der Waals surface area (Å²) in [6, 6.07) is 44.3. The summed E-state index contributed by atoms with van der Waals surface area (Å²) in [4.78, 5) is 15.3. The maximum Gasteiger partial charge on any atom is 0.494 e. The number of para-hydroxylation sites is 1. The van der Waals surface area contributed by atoms with Crippen LogP contribution in [0.3, 0.4) is 0 Å². The van der Waals surface area contributed by atoms with Crippen LogP contribution in [0.5, 0.6) is 0 Å². The van der Waals surface area contributed by atoms with Crippen molar-refractivity contribution in [2.45, 2.75) is 38.9 Å². The number of nitrogens with zero attached hydrogens (tertiary/aromatic N) is 3. The molecule has 0 saturated carbocycles. The van der Waals surface area contributed by atoms with E-state index >= 15 is 0 Å². The van der Waals surface area contributed by atoms with Gasteiger partial charge in [-0.25, -0.2) is 15.0 Å². The standard InChI is InChI=1S/C45H33B2N3O2S/c1-44(2)45(3,4)52-47(51-44)32-20-15-28(16-21-32)36-24-19-30-14-13-29-18-23-35(48-40(29)41(30)49-36)27-11-9-26(10-12-27)31-17-22-34-38(25-31)53-43-39(46)33-7-5-6-8-37(33)50-42(34)43/h5-25H,1-4H3. The van der Waals surface area contributed by atoms with E-state index < -0.39 is 7.12 Å². The lowest BCUT2D eigenvalue weighted by Crippen LogP contribution is -2.41. The van der Waals surface area contributed by atoms with Crippen molar-refractivity contribution in [3.05, 3.63) is 127 Å². The fourth-order valence-corrected chi connectivity index (χ4v) is 8.46. The van der Waals surface area contributed by atoms with Gasteiger partial charge in [0.1, 0.15) is 7.85 Å². The molecule has 0 atom stereocenters. The van der Waals surface area contributed by atoms with Crippen LogP contribution < -0.4 is 10.9 Å². The molecular formula is C45H33B2N3O2S. The zero-order valence-electron chi connectivity index (χ0n) is 29.8. The van der Waals surface area contributed by atoms with E-state index in [0.717, 1.165) is 92.9 Å². The fourth-order valence-electron chi connectivity index (χ4n) is 7.31. The van der Waals surface area contributed by atoms with Gasteiger partial charge in [-0.1, -0.05) is 109 Å². The molecule has 9 aromatic rings. The predicted octanol–water partition coefficient (Wildman–Crippen LogP) is 9.79. The Bertz CT molecular complexity index is 2910. The molecule has 0 aliphatic carbocycles. The number of fused-ring (bicyclic) bond motifs is 7. The van der Waals surface area contributed by atoms with E-state index in [0.29, 0.717) is 0 Å². The second kappa shape index (κ2) is 11.8. The minimum atomic E-state index is -0.400. The Morgan fingerprint density at radius 1 is 0.547 bits per heavy atom. The molecule has 5 nitrogen and oxygen atoms in total.